The highest BCUT2D eigenvalue weighted by atomic mass is 79.9. The molecule has 1 heterocycles. The number of aromatic nitrogens is 1. The van der Waals surface area contributed by atoms with Crippen molar-refractivity contribution in [1.82, 2.24) is 4.98 Å². The summed E-state index contributed by atoms with van der Waals surface area (Å²) in [4.78, 5) is 14.0. The molecule has 3 aromatic rings. The molecule has 0 radical (unpaired) electrons. The molecule has 7 nitrogen and oxygen atoms in total. The molecule has 0 unspecified atom stereocenters. The zero-order chi connectivity index (χ0) is 20.8. The Kier molecular flexibility index (Phi) is 6.89. The monoisotopic (exact) mass is 522 g/mol. The number of hydrazone groups is 1. The number of pyridine rings is 1. The summed E-state index contributed by atoms with van der Waals surface area (Å²) in [6, 6.07) is 12.6. The Balaban J connectivity index is 1.65. The zero-order valence-corrected chi connectivity index (χ0v) is 17.9. The van der Waals surface area contributed by atoms with Crippen LogP contribution >= 0.6 is 31.9 Å². The summed E-state index contributed by atoms with van der Waals surface area (Å²) in [7, 11) is 0. The van der Waals surface area contributed by atoms with E-state index in [0.29, 0.717) is 26.1 Å². The molecule has 0 aliphatic heterocycles. The molecule has 29 heavy (non-hydrogen) atoms. The number of ether oxygens (including phenoxy) is 1. The second-order valence-corrected chi connectivity index (χ2v) is 7.47. The first kappa shape index (κ1) is 20.9. The Bertz CT molecular complexity index is 1040. The van der Waals surface area contributed by atoms with Gasteiger partial charge in [0, 0.05) is 6.07 Å². The van der Waals surface area contributed by atoms with E-state index >= 15 is 0 Å². The molecule has 0 atom stereocenters. The van der Waals surface area contributed by atoms with E-state index < -0.39 is 4.92 Å². The third-order valence-electron chi connectivity index (χ3n) is 3.64. The van der Waals surface area contributed by atoms with Crippen molar-refractivity contribution in [2.24, 2.45) is 5.10 Å². The van der Waals surface area contributed by atoms with Gasteiger partial charge in [0.1, 0.15) is 30.2 Å². The number of halogens is 3. The summed E-state index contributed by atoms with van der Waals surface area (Å²) in [6.45, 7) is 0.218. The number of nitrogens with one attached hydrogen (secondary N) is 1. The van der Waals surface area contributed by atoms with Crippen molar-refractivity contribution < 1.29 is 14.1 Å². The molecule has 1 aromatic heterocycles. The second-order valence-electron chi connectivity index (χ2n) is 5.76. The van der Waals surface area contributed by atoms with Crippen molar-refractivity contribution in [3.63, 3.8) is 0 Å². The largest absolute Gasteiger partial charge is 0.487 e. The molecule has 3 rings (SSSR count). The van der Waals surface area contributed by atoms with Gasteiger partial charge in [0.2, 0.25) is 0 Å². The predicted octanol–water partition coefficient (Wildman–Crippen LogP) is 5.68. The van der Waals surface area contributed by atoms with Gasteiger partial charge in [-0.25, -0.2) is 9.37 Å². The van der Waals surface area contributed by atoms with Crippen molar-refractivity contribution in [2.75, 3.05) is 5.43 Å². The highest BCUT2D eigenvalue weighted by molar-refractivity contribution is 9.11. The van der Waals surface area contributed by atoms with E-state index in [0.717, 1.165) is 11.8 Å². The fourth-order valence-electron chi connectivity index (χ4n) is 2.31. The van der Waals surface area contributed by atoms with Gasteiger partial charge >= 0.3 is 0 Å². The van der Waals surface area contributed by atoms with Crippen LogP contribution in [0.25, 0.3) is 0 Å². The Hall–Kier alpha value is -2.85. The quantitative estimate of drug-likeness (QED) is 0.244. The van der Waals surface area contributed by atoms with Crippen molar-refractivity contribution >= 4 is 49.6 Å². The molecule has 0 aliphatic carbocycles. The van der Waals surface area contributed by atoms with E-state index in [4.69, 9.17) is 4.74 Å². The molecule has 0 amide bonds. The average Bonchev–Trinajstić information content (AvgIpc) is 2.68. The fraction of sp³-hybridized carbons (Fsp3) is 0.0526. The SMILES string of the molecule is O=[N+]([O-])c1ccc(N/N=C/c2cc(Br)c(OCc3cccc(F)c3)c(Br)c2)nc1. The van der Waals surface area contributed by atoms with Crippen LogP contribution in [0.4, 0.5) is 15.9 Å². The van der Waals surface area contributed by atoms with Crippen molar-refractivity contribution in [1.29, 1.82) is 0 Å². The summed E-state index contributed by atoms with van der Waals surface area (Å²) in [6.07, 6.45) is 2.71. The third-order valence-corrected chi connectivity index (χ3v) is 4.82. The van der Waals surface area contributed by atoms with Gasteiger partial charge in [0.05, 0.1) is 20.1 Å². The van der Waals surface area contributed by atoms with Gasteiger partial charge in [-0.05, 0) is 73.3 Å². The average molecular weight is 524 g/mol. The van der Waals surface area contributed by atoms with Crippen LogP contribution in [0.3, 0.4) is 0 Å². The van der Waals surface area contributed by atoms with Crippen LogP contribution in [-0.2, 0) is 6.61 Å². The minimum atomic E-state index is -0.521. The van der Waals surface area contributed by atoms with Gasteiger partial charge < -0.3 is 4.74 Å². The van der Waals surface area contributed by atoms with Crippen LogP contribution < -0.4 is 10.2 Å². The van der Waals surface area contributed by atoms with Crippen LogP contribution in [-0.4, -0.2) is 16.1 Å². The van der Waals surface area contributed by atoms with Gasteiger partial charge in [0.15, 0.2) is 0 Å². The summed E-state index contributed by atoms with van der Waals surface area (Å²) < 4.78 is 20.4. The molecule has 1 N–H and O–H groups in total. The number of benzene rings is 2. The van der Waals surface area contributed by atoms with Crippen molar-refractivity contribution in [2.45, 2.75) is 6.61 Å². The van der Waals surface area contributed by atoms with E-state index in [1.54, 1.807) is 30.5 Å². The maximum atomic E-state index is 13.3. The Morgan fingerprint density at radius 3 is 2.59 bits per heavy atom. The van der Waals surface area contributed by atoms with Gasteiger partial charge in [0.25, 0.3) is 5.69 Å². The molecule has 0 bridgehead atoms. The molecular weight excluding hydrogens is 511 g/mol. The molecule has 10 heteroatoms. The van der Waals surface area contributed by atoms with Crippen molar-refractivity contribution in [3.8, 4) is 5.75 Å². The highest BCUT2D eigenvalue weighted by Gasteiger charge is 2.09. The Labute approximate surface area is 182 Å². The predicted molar refractivity (Wildman–Crippen MR) is 115 cm³/mol. The number of rotatable bonds is 7. The minimum Gasteiger partial charge on any atom is -0.487 e. The first-order valence-corrected chi connectivity index (χ1v) is 9.77. The lowest BCUT2D eigenvalue weighted by Gasteiger charge is -2.11. The van der Waals surface area contributed by atoms with E-state index in [-0.39, 0.29) is 18.1 Å². The summed E-state index contributed by atoms with van der Waals surface area (Å²) in [5.74, 6) is 0.641. The lowest BCUT2D eigenvalue weighted by Crippen LogP contribution is -1.99. The number of hydrogen-bond acceptors (Lipinski definition) is 6. The lowest BCUT2D eigenvalue weighted by atomic mass is 10.2. The lowest BCUT2D eigenvalue weighted by molar-refractivity contribution is -0.385. The standard InChI is InChI=1S/C19H13Br2FN4O3/c20-16-7-13(9-24-25-18-5-4-15(10-23-18)26(27)28)8-17(21)19(16)29-11-12-2-1-3-14(22)6-12/h1-10H,11H2,(H,23,25)/b24-9+. The van der Waals surface area contributed by atoms with E-state index in [1.165, 1.54) is 24.3 Å². The normalized spacial score (nSPS) is 10.9. The smallest absolute Gasteiger partial charge is 0.287 e. The van der Waals surface area contributed by atoms with Gasteiger partial charge in [-0.3, -0.25) is 15.5 Å². The van der Waals surface area contributed by atoms with E-state index in [2.05, 4.69) is 47.4 Å². The minimum absolute atomic E-state index is 0.0961. The first-order valence-electron chi connectivity index (χ1n) is 8.18. The topological polar surface area (TPSA) is 89.7 Å². The van der Waals surface area contributed by atoms with Crippen molar-refractivity contribution in [3.05, 3.63) is 90.7 Å². The number of nitro groups is 1. The maximum absolute atomic E-state index is 13.3. The van der Waals surface area contributed by atoms with Gasteiger partial charge in [-0.1, -0.05) is 12.1 Å². The highest BCUT2D eigenvalue weighted by Crippen LogP contribution is 2.35. The van der Waals surface area contributed by atoms with Gasteiger partial charge in [-0.15, -0.1) is 0 Å². The van der Waals surface area contributed by atoms with E-state index in [9.17, 15) is 14.5 Å². The zero-order valence-electron chi connectivity index (χ0n) is 14.7. The summed E-state index contributed by atoms with van der Waals surface area (Å²) >= 11 is 6.91. The second kappa shape index (κ2) is 9.57. The van der Waals surface area contributed by atoms with Gasteiger partial charge in [-0.2, -0.15) is 5.10 Å². The first-order chi connectivity index (χ1) is 13.9. The fourth-order valence-corrected chi connectivity index (χ4v) is 3.76. The number of nitrogens with zero attached hydrogens (tertiary/aromatic N) is 3. The van der Waals surface area contributed by atoms with Crippen LogP contribution in [0.2, 0.25) is 0 Å². The molecule has 0 aliphatic rings. The Morgan fingerprint density at radius 1 is 1.21 bits per heavy atom. The van der Waals surface area contributed by atoms with E-state index in [1.807, 2.05) is 0 Å². The third kappa shape index (κ3) is 5.81. The van der Waals surface area contributed by atoms with Crippen LogP contribution in [0.1, 0.15) is 11.1 Å². The molecular formula is C19H13Br2FN4O3. The molecule has 0 fully saturated rings. The van der Waals surface area contributed by atoms with Crippen LogP contribution in [0.15, 0.2) is 68.8 Å². The molecule has 0 saturated heterocycles. The Morgan fingerprint density at radius 2 is 1.97 bits per heavy atom. The summed E-state index contributed by atoms with van der Waals surface area (Å²) in [5, 5.41) is 14.7. The van der Waals surface area contributed by atoms with Crippen LogP contribution in [0.5, 0.6) is 5.75 Å². The summed E-state index contributed by atoms with van der Waals surface area (Å²) in [5.41, 5.74) is 4.08. The molecule has 0 spiro atoms. The molecule has 0 saturated carbocycles. The molecule has 148 valence electrons. The molecule has 2 aromatic carbocycles. The van der Waals surface area contributed by atoms with Crippen LogP contribution in [0, 0.1) is 15.9 Å². The number of hydrogen-bond donors (Lipinski definition) is 1. The number of anilines is 1. The maximum Gasteiger partial charge on any atom is 0.287 e.